The summed E-state index contributed by atoms with van der Waals surface area (Å²) in [5, 5.41) is 10.4. The van der Waals surface area contributed by atoms with Crippen LogP contribution < -0.4 is 40.4 Å². The van der Waals surface area contributed by atoms with Gasteiger partial charge in [-0.15, -0.1) is 0 Å². The number of hydrogen-bond donors (Lipinski definition) is 0. The maximum atomic E-state index is 13.1. The number of aryl methyl sites for hydroxylation is 2. The first-order chi connectivity index (χ1) is 13.6. The van der Waals surface area contributed by atoms with Crippen LogP contribution in [0.25, 0.3) is 11.0 Å². The standard InChI is InChI=1S/C23H28N2O3.Na/c1-18-12-14-19(15-13-18)17-25-21-10-7-6-9-20(21)24(23(25)28)16-8-4-2-3-5-11-22(26)27;/h6-7,9-10,12-15H,2-5,8,11,16-17H2,1H3,(H,26,27);/q;+1/p-1. The molecule has 3 rings (SSSR count). The molecule has 0 radical (unpaired) electrons. The summed E-state index contributed by atoms with van der Waals surface area (Å²) < 4.78 is 3.71. The molecule has 2 aromatic carbocycles. The monoisotopic (exact) mass is 402 g/mol. The number of benzene rings is 2. The van der Waals surface area contributed by atoms with Gasteiger partial charge in [-0.25, -0.2) is 4.79 Å². The number of unbranched alkanes of at least 4 members (excludes halogenated alkanes) is 4. The largest absolute Gasteiger partial charge is 1.00 e. The second kappa shape index (κ2) is 11.4. The summed E-state index contributed by atoms with van der Waals surface area (Å²) in [5.41, 5.74) is 4.28. The Kier molecular flexibility index (Phi) is 9.21. The van der Waals surface area contributed by atoms with E-state index in [9.17, 15) is 14.7 Å². The number of carbonyl (C=O) groups excluding carboxylic acids is 1. The number of carbonyl (C=O) groups is 1. The maximum Gasteiger partial charge on any atom is 1.00 e. The van der Waals surface area contributed by atoms with Gasteiger partial charge in [0.25, 0.3) is 0 Å². The molecule has 0 atom stereocenters. The van der Waals surface area contributed by atoms with Crippen LogP contribution >= 0.6 is 0 Å². The van der Waals surface area contributed by atoms with Crippen molar-refractivity contribution in [2.45, 2.75) is 58.5 Å². The molecule has 0 amide bonds. The number of para-hydroxylation sites is 2. The van der Waals surface area contributed by atoms with Crippen molar-refractivity contribution in [1.29, 1.82) is 0 Å². The molecule has 1 heterocycles. The van der Waals surface area contributed by atoms with Gasteiger partial charge in [0.1, 0.15) is 0 Å². The first-order valence-corrected chi connectivity index (χ1v) is 10.00. The summed E-state index contributed by atoms with van der Waals surface area (Å²) in [5.74, 6) is -0.979. The Balaban J connectivity index is 0.00000300. The minimum atomic E-state index is -0.979. The summed E-state index contributed by atoms with van der Waals surface area (Å²) in [6.07, 6.45) is 4.55. The van der Waals surface area contributed by atoms with Crippen molar-refractivity contribution in [1.82, 2.24) is 9.13 Å². The van der Waals surface area contributed by atoms with E-state index in [-0.39, 0.29) is 41.7 Å². The molecule has 0 aliphatic heterocycles. The van der Waals surface area contributed by atoms with Gasteiger partial charge >= 0.3 is 35.2 Å². The van der Waals surface area contributed by atoms with Crippen LogP contribution in [0, 0.1) is 6.92 Å². The van der Waals surface area contributed by atoms with Crippen molar-refractivity contribution in [3.8, 4) is 0 Å². The summed E-state index contributed by atoms with van der Waals surface area (Å²) in [4.78, 5) is 23.5. The number of imidazole rings is 1. The number of nitrogens with zero attached hydrogens (tertiary/aromatic N) is 2. The van der Waals surface area contributed by atoms with Crippen LogP contribution in [0.3, 0.4) is 0 Å². The first-order valence-electron chi connectivity index (χ1n) is 10.00. The first kappa shape index (κ1) is 23.5. The van der Waals surface area contributed by atoms with Crippen LogP contribution in [-0.4, -0.2) is 15.1 Å². The van der Waals surface area contributed by atoms with Crippen LogP contribution in [0.1, 0.15) is 49.7 Å². The summed E-state index contributed by atoms with van der Waals surface area (Å²) in [6, 6.07) is 16.2. The predicted octanol–water partition coefficient (Wildman–Crippen LogP) is 0.254. The quantitative estimate of drug-likeness (QED) is 0.361. The number of hydrogen-bond acceptors (Lipinski definition) is 3. The topological polar surface area (TPSA) is 67.1 Å². The van der Waals surface area contributed by atoms with Gasteiger partial charge in [-0.1, -0.05) is 61.2 Å². The van der Waals surface area contributed by atoms with Crippen LogP contribution in [0.4, 0.5) is 0 Å². The Hall–Kier alpha value is -1.82. The number of fused-ring (bicyclic) bond motifs is 1. The fourth-order valence-corrected chi connectivity index (χ4v) is 3.59. The van der Waals surface area contributed by atoms with E-state index in [1.807, 2.05) is 33.4 Å². The molecule has 5 nitrogen and oxygen atoms in total. The van der Waals surface area contributed by atoms with Gasteiger partial charge < -0.3 is 9.90 Å². The van der Waals surface area contributed by atoms with E-state index in [0.717, 1.165) is 42.3 Å². The van der Waals surface area contributed by atoms with E-state index < -0.39 is 5.97 Å². The van der Waals surface area contributed by atoms with Crippen LogP contribution in [0.2, 0.25) is 0 Å². The molecule has 3 aromatic rings. The van der Waals surface area contributed by atoms with E-state index in [0.29, 0.717) is 19.5 Å². The number of aliphatic carboxylic acids is 1. The predicted molar refractivity (Wildman–Crippen MR) is 109 cm³/mol. The van der Waals surface area contributed by atoms with E-state index in [2.05, 4.69) is 31.2 Å². The van der Waals surface area contributed by atoms with Crippen LogP contribution in [0.5, 0.6) is 0 Å². The molecule has 0 unspecified atom stereocenters. The molecule has 1 aromatic heterocycles. The molecule has 0 saturated carbocycles. The number of aromatic nitrogens is 2. The van der Waals surface area contributed by atoms with E-state index in [1.54, 1.807) is 0 Å². The zero-order valence-electron chi connectivity index (χ0n) is 17.4. The summed E-state index contributed by atoms with van der Waals surface area (Å²) in [6.45, 7) is 3.30. The smallest absolute Gasteiger partial charge is 0.550 e. The molecule has 148 valence electrons. The Labute approximate surface area is 193 Å². The molecule has 0 fully saturated rings. The third-order valence-corrected chi connectivity index (χ3v) is 5.15. The Morgan fingerprint density at radius 3 is 2.10 bits per heavy atom. The molecule has 0 saturated heterocycles. The van der Waals surface area contributed by atoms with Gasteiger partial charge in [0.05, 0.1) is 17.6 Å². The minimum Gasteiger partial charge on any atom is -0.550 e. The molecule has 0 bridgehead atoms. The van der Waals surface area contributed by atoms with Crippen molar-refractivity contribution >= 4 is 17.0 Å². The van der Waals surface area contributed by atoms with Crippen molar-refractivity contribution < 1.29 is 39.5 Å². The molecular weight excluding hydrogens is 375 g/mol. The third kappa shape index (κ3) is 6.33. The average Bonchev–Trinajstić information content (AvgIpc) is 2.94. The van der Waals surface area contributed by atoms with E-state index in [4.69, 9.17) is 0 Å². The molecule has 0 aliphatic rings. The van der Waals surface area contributed by atoms with Crippen molar-refractivity contribution in [3.05, 3.63) is 70.1 Å². The van der Waals surface area contributed by atoms with Gasteiger partial charge in [-0.2, -0.15) is 0 Å². The maximum absolute atomic E-state index is 13.1. The van der Waals surface area contributed by atoms with E-state index >= 15 is 0 Å². The summed E-state index contributed by atoms with van der Waals surface area (Å²) >= 11 is 0. The fraction of sp³-hybridized carbons (Fsp3) is 0.391. The van der Waals surface area contributed by atoms with Crippen molar-refractivity contribution in [3.63, 3.8) is 0 Å². The Bertz CT molecular complexity index is 990. The van der Waals surface area contributed by atoms with Crippen LogP contribution in [-0.2, 0) is 17.9 Å². The Morgan fingerprint density at radius 2 is 1.45 bits per heavy atom. The van der Waals surface area contributed by atoms with Crippen LogP contribution in [0.15, 0.2) is 53.3 Å². The fourth-order valence-electron chi connectivity index (χ4n) is 3.59. The molecule has 0 aliphatic carbocycles. The molecule has 6 heteroatoms. The summed E-state index contributed by atoms with van der Waals surface area (Å²) in [7, 11) is 0. The SMILES string of the molecule is Cc1ccc(Cn2c(=O)n(CCCCCCCC(=O)[O-])c3ccccc32)cc1.[Na+]. The number of carboxylic acid groups (broad SMARTS) is 1. The number of carboxylic acids is 1. The molecule has 0 N–H and O–H groups in total. The van der Waals surface area contributed by atoms with Gasteiger partial charge in [-0.3, -0.25) is 9.13 Å². The molecular formula is C23H27N2NaO3. The van der Waals surface area contributed by atoms with E-state index in [1.165, 1.54) is 5.56 Å². The van der Waals surface area contributed by atoms with Gasteiger partial charge in [0.2, 0.25) is 0 Å². The van der Waals surface area contributed by atoms with Gasteiger partial charge in [-0.05, 0) is 43.9 Å². The minimum absolute atomic E-state index is 0. The van der Waals surface area contributed by atoms with Gasteiger partial charge in [0, 0.05) is 12.5 Å². The molecule has 29 heavy (non-hydrogen) atoms. The average molecular weight is 402 g/mol. The Morgan fingerprint density at radius 1 is 0.862 bits per heavy atom. The second-order valence-electron chi connectivity index (χ2n) is 7.38. The second-order valence-corrected chi connectivity index (χ2v) is 7.38. The number of rotatable bonds is 10. The normalized spacial score (nSPS) is 10.8. The molecule has 0 spiro atoms. The zero-order valence-corrected chi connectivity index (χ0v) is 19.4. The zero-order chi connectivity index (χ0) is 19.9. The third-order valence-electron chi connectivity index (χ3n) is 5.15. The van der Waals surface area contributed by atoms with Gasteiger partial charge in [0.15, 0.2) is 0 Å². The van der Waals surface area contributed by atoms with Crippen molar-refractivity contribution in [2.24, 2.45) is 0 Å². The van der Waals surface area contributed by atoms with Crippen molar-refractivity contribution in [2.75, 3.05) is 0 Å².